The number of halogens is 6. The molecule has 0 saturated carbocycles. The Morgan fingerprint density at radius 2 is 1.48 bits per heavy atom. The molecule has 2 aromatic rings. The van der Waals surface area contributed by atoms with Crippen molar-refractivity contribution in [2.75, 3.05) is 0 Å². The summed E-state index contributed by atoms with van der Waals surface area (Å²) in [7, 11) is 0. The number of hydrogen-bond acceptors (Lipinski definition) is 2. The fourth-order valence-electron chi connectivity index (χ4n) is 2.28. The Hall–Kier alpha value is -2.72. The van der Waals surface area contributed by atoms with Crippen LogP contribution in [0.2, 0.25) is 0 Å². The summed E-state index contributed by atoms with van der Waals surface area (Å²) in [5.74, 6) is -2.38. The summed E-state index contributed by atoms with van der Waals surface area (Å²) in [6.45, 7) is 0. The number of H-pyrrole nitrogens is 1. The Morgan fingerprint density at radius 3 is 2.04 bits per heavy atom. The van der Waals surface area contributed by atoms with Crippen molar-refractivity contribution in [3.8, 4) is 0 Å². The number of aromatic amines is 1. The van der Waals surface area contributed by atoms with E-state index in [1.54, 1.807) is 0 Å². The number of rotatable bonds is 0. The predicted molar refractivity (Wildman–Crippen MR) is 61.8 cm³/mol. The second kappa shape index (κ2) is 4.40. The van der Waals surface area contributed by atoms with E-state index in [1.807, 2.05) is 0 Å². The molecule has 0 aliphatic carbocycles. The fourth-order valence-corrected chi connectivity index (χ4v) is 2.28. The smallest absolute Gasteiger partial charge is 0.350 e. The van der Waals surface area contributed by atoms with Crippen molar-refractivity contribution in [2.45, 2.75) is 12.4 Å². The van der Waals surface area contributed by atoms with Crippen LogP contribution in [0.15, 0.2) is 22.4 Å². The standard InChI is InChI=1S/C12H3F6N3O2/c13-11(14,15)3-1-4(12(16,17)18)6-5(2-3)19-8-7(6)9(22)20-21-10(8)23/h1-2,19H. The van der Waals surface area contributed by atoms with Crippen molar-refractivity contribution in [3.05, 3.63) is 34.5 Å². The van der Waals surface area contributed by atoms with Crippen LogP contribution < -0.4 is 0 Å². The molecular formula is C12H3F6N3O2. The number of aromatic nitrogens is 1. The van der Waals surface area contributed by atoms with Crippen molar-refractivity contribution < 1.29 is 35.9 Å². The fraction of sp³-hybridized carbons (Fsp3) is 0.167. The average molecular weight is 335 g/mol. The van der Waals surface area contributed by atoms with Gasteiger partial charge in [0.2, 0.25) is 0 Å². The molecule has 1 aromatic carbocycles. The van der Waals surface area contributed by atoms with Crippen LogP contribution in [0.5, 0.6) is 0 Å². The van der Waals surface area contributed by atoms with E-state index in [1.165, 1.54) is 0 Å². The van der Waals surface area contributed by atoms with Crippen molar-refractivity contribution in [3.63, 3.8) is 0 Å². The van der Waals surface area contributed by atoms with E-state index in [0.717, 1.165) is 0 Å². The molecule has 23 heavy (non-hydrogen) atoms. The van der Waals surface area contributed by atoms with E-state index in [-0.39, 0.29) is 6.07 Å². The van der Waals surface area contributed by atoms with Gasteiger partial charge in [0, 0.05) is 10.9 Å². The maximum Gasteiger partial charge on any atom is 0.417 e. The Kier molecular flexibility index (Phi) is 2.90. The van der Waals surface area contributed by atoms with E-state index >= 15 is 0 Å². The quantitative estimate of drug-likeness (QED) is 0.740. The second-order valence-electron chi connectivity index (χ2n) is 4.63. The summed E-state index contributed by atoms with van der Waals surface area (Å²) in [6.07, 6.45) is -10.2. The molecule has 3 rings (SSSR count). The number of fused-ring (bicyclic) bond motifs is 3. The van der Waals surface area contributed by atoms with Crippen LogP contribution in [0.4, 0.5) is 26.3 Å². The zero-order valence-electron chi connectivity index (χ0n) is 10.6. The lowest BCUT2D eigenvalue weighted by Gasteiger charge is -2.13. The van der Waals surface area contributed by atoms with Crippen LogP contribution >= 0.6 is 0 Å². The van der Waals surface area contributed by atoms with Gasteiger partial charge in [0.15, 0.2) is 0 Å². The highest BCUT2D eigenvalue weighted by Crippen LogP contribution is 2.42. The highest BCUT2D eigenvalue weighted by molar-refractivity contribution is 6.18. The molecular weight excluding hydrogens is 332 g/mol. The lowest BCUT2D eigenvalue weighted by atomic mass is 10.00. The van der Waals surface area contributed by atoms with Gasteiger partial charge < -0.3 is 4.98 Å². The van der Waals surface area contributed by atoms with Crippen LogP contribution in [-0.2, 0) is 12.4 Å². The number of alkyl halides is 6. The maximum atomic E-state index is 13.1. The van der Waals surface area contributed by atoms with Gasteiger partial charge in [0.25, 0.3) is 5.91 Å². The van der Waals surface area contributed by atoms with Gasteiger partial charge in [-0.05, 0) is 12.1 Å². The van der Waals surface area contributed by atoms with Crippen LogP contribution in [-0.4, -0.2) is 16.8 Å². The van der Waals surface area contributed by atoms with Gasteiger partial charge >= 0.3 is 18.3 Å². The van der Waals surface area contributed by atoms with Crippen molar-refractivity contribution in [2.24, 2.45) is 10.2 Å². The van der Waals surface area contributed by atoms with E-state index in [4.69, 9.17) is 0 Å². The Bertz CT molecular complexity index is 891. The minimum absolute atomic E-state index is 0.111. The summed E-state index contributed by atoms with van der Waals surface area (Å²) >= 11 is 0. The lowest BCUT2D eigenvalue weighted by molar-refractivity contribution is -0.142. The molecule has 2 heterocycles. The highest BCUT2D eigenvalue weighted by atomic mass is 19.4. The zero-order valence-corrected chi connectivity index (χ0v) is 10.6. The molecule has 0 atom stereocenters. The summed E-state index contributed by atoms with van der Waals surface area (Å²) in [5, 5.41) is 4.97. The molecule has 1 aromatic heterocycles. The number of nitrogens with one attached hydrogen (secondary N) is 1. The first-order valence-corrected chi connectivity index (χ1v) is 5.84. The molecule has 1 aliphatic rings. The molecule has 0 bridgehead atoms. The first-order valence-electron chi connectivity index (χ1n) is 5.84. The molecule has 11 heteroatoms. The molecule has 1 N–H and O–H groups in total. The third-order valence-electron chi connectivity index (χ3n) is 3.19. The lowest BCUT2D eigenvalue weighted by Crippen LogP contribution is -2.13. The molecule has 120 valence electrons. The average Bonchev–Trinajstić information content (AvgIpc) is 2.80. The van der Waals surface area contributed by atoms with Crippen LogP contribution in [0.3, 0.4) is 0 Å². The van der Waals surface area contributed by atoms with E-state index in [9.17, 15) is 35.9 Å². The van der Waals surface area contributed by atoms with Crippen molar-refractivity contribution in [1.82, 2.24) is 4.98 Å². The topological polar surface area (TPSA) is 74.7 Å². The molecule has 5 nitrogen and oxygen atoms in total. The van der Waals surface area contributed by atoms with E-state index in [2.05, 4.69) is 15.2 Å². The van der Waals surface area contributed by atoms with Gasteiger partial charge in [-0.3, -0.25) is 9.59 Å². The van der Waals surface area contributed by atoms with Gasteiger partial charge in [-0.1, -0.05) is 0 Å². The maximum absolute atomic E-state index is 13.1. The third-order valence-corrected chi connectivity index (χ3v) is 3.19. The summed E-state index contributed by atoms with van der Waals surface area (Å²) < 4.78 is 77.7. The van der Waals surface area contributed by atoms with Gasteiger partial charge in [-0.25, -0.2) is 0 Å². The molecule has 0 saturated heterocycles. The molecule has 0 radical (unpaired) electrons. The number of benzene rings is 1. The third kappa shape index (κ3) is 2.28. The minimum atomic E-state index is -5.17. The minimum Gasteiger partial charge on any atom is -0.350 e. The summed E-state index contributed by atoms with van der Waals surface area (Å²) in [4.78, 5) is 25.2. The SMILES string of the molecule is O=C1N=NC(=O)c2c1[nH]c1cc(C(F)(F)F)cc(C(F)(F)F)c21. The molecule has 0 spiro atoms. The molecule has 1 aliphatic heterocycles. The van der Waals surface area contributed by atoms with Crippen LogP contribution in [0.1, 0.15) is 32.0 Å². The van der Waals surface area contributed by atoms with Crippen molar-refractivity contribution in [1.29, 1.82) is 0 Å². The van der Waals surface area contributed by atoms with Gasteiger partial charge in [0.1, 0.15) is 5.69 Å². The van der Waals surface area contributed by atoms with Crippen LogP contribution in [0.25, 0.3) is 10.9 Å². The Balaban J connectivity index is 2.47. The predicted octanol–water partition coefficient (Wildman–Crippen LogP) is 3.95. The molecule has 2 amide bonds. The second-order valence-corrected chi connectivity index (χ2v) is 4.63. The number of carbonyl (C=O) groups is 2. The van der Waals surface area contributed by atoms with Gasteiger partial charge in [-0.2, -0.15) is 26.3 Å². The highest BCUT2D eigenvalue weighted by Gasteiger charge is 2.41. The number of hydrogen-bond donors (Lipinski definition) is 1. The normalized spacial score (nSPS) is 15.4. The number of amides is 2. The Labute approximate surface area is 122 Å². The summed E-state index contributed by atoms with van der Waals surface area (Å²) in [6, 6.07) is 0.281. The molecule has 0 fully saturated rings. The van der Waals surface area contributed by atoms with Crippen LogP contribution in [0, 0.1) is 0 Å². The zero-order chi connectivity index (χ0) is 17.2. The first-order chi connectivity index (χ1) is 10.5. The monoisotopic (exact) mass is 335 g/mol. The van der Waals surface area contributed by atoms with Crippen molar-refractivity contribution >= 4 is 22.7 Å². The summed E-state index contributed by atoms with van der Waals surface area (Å²) in [5.41, 5.74) is -5.25. The number of nitrogens with zero attached hydrogens (tertiary/aromatic N) is 2. The number of carbonyl (C=O) groups excluding carboxylic acids is 2. The Morgan fingerprint density at radius 1 is 0.870 bits per heavy atom. The largest absolute Gasteiger partial charge is 0.417 e. The first kappa shape index (κ1) is 15.2. The van der Waals surface area contributed by atoms with E-state index in [0.29, 0.717) is 6.07 Å². The van der Waals surface area contributed by atoms with Gasteiger partial charge in [0.05, 0.1) is 16.7 Å². The van der Waals surface area contributed by atoms with Gasteiger partial charge in [-0.15, -0.1) is 10.2 Å². The van der Waals surface area contributed by atoms with E-state index < -0.39 is 57.5 Å². The molecule has 0 unspecified atom stereocenters. The number of azo groups is 1.